The number of aliphatic carboxylic acids is 1. The summed E-state index contributed by atoms with van der Waals surface area (Å²) in [5, 5.41) is 9.78. The molecule has 0 bridgehead atoms. The maximum absolute atomic E-state index is 13.7. The summed E-state index contributed by atoms with van der Waals surface area (Å²) in [5.74, 6) is 1.07. The van der Waals surface area contributed by atoms with Crippen molar-refractivity contribution in [3.63, 3.8) is 0 Å². The van der Waals surface area contributed by atoms with Crippen LogP contribution in [0.4, 0.5) is 4.39 Å². The van der Waals surface area contributed by atoms with E-state index in [9.17, 15) is 14.3 Å². The van der Waals surface area contributed by atoms with Gasteiger partial charge >= 0.3 is 5.97 Å². The zero-order valence-corrected chi connectivity index (χ0v) is 23.4. The van der Waals surface area contributed by atoms with Crippen LogP contribution in [0.1, 0.15) is 49.3 Å². The van der Waals surface area contributed by atoms with E-state index in [1.54, 1.807) is 20.3 Å². The number of benzene rings is 2. The van der Waals surface area contributed by atoms with Crippen molar-refractivity contribution in [1.82, 2.24) is 4.90 Å². The second-order valence-electron chi connectivity index (χ2n) is 10.1. The van der Waals surface area contributed by atoms with E-state index in [4.69, 9.17) is 14.2 Å². The zero-order chi connectivity index (χ0) is 26.2. The van der Waals surface area contributed by atoms with Gasteiger partial charge in [0.15, 0.2) is 17.6 Å². The normalized spacial score (nSPS) is 17.7. The molecule has 2 aromatic rings. The van der Waals surface area contributed by atoms with Gasteiger partial charge in [0.05, 0.1) is 20.8 Å². The highest BCUT2D eigenvalue weighted by molar-refractivity contribution is 5.85. The molecule has 1 unspecified atom stereocenters. The van der Waals surface area contributed by atoms with Crippen LogP contribution in [-0.2, 0) is 22.4 Å². The Bertz CT molecular complexity index is 1020. The maximum atomic E-state index is 13.7. The largest absolute Gasteiger partial charge is 0.493 e. The number of ether oxygens (including phenoxy) is 3. The van der Waals surface area contributed by atoms with Crippen LogP contribution in [0.5, 0.6) is 11.5 Å². The van der Waals surface area contributed by atoms with Gasteiger partial charge in [-0.1, -0.05) is 26.0 Å². The summed E-state index contributed by atoms with van der Waals surface area (Å²) in [4.78, 5) is 14.1. The van der Waals surface area contributed by atoms with Gasteiger partial charge in [-0.2, -0.15) is 0 Å². The Morgan fingerprint density at radius 1 is 1.11 bits per heavy atom. The smallest absolute Gasteiger partial charge is 0.332 e. The monoisotopic (exact) mass is 537 g/mol. The SMILES string of the molecule is COc1ccc(CCN(C)CC[C@H](OCC2CCc3cc(F)ccc3[C@H]2C(C)C)C(=O)O)cc1OC.Cl. The molecule has 37 heavy (non-hydrogen) atoms. The minimum atomic E-state index is -0.928. The molecule has 0 heterocycles. The summed E-state index contributed by atoms with van der Waals surface area (Å²) in [6, 6.07) is 10.9. The molecule has 3 rings (SSSR count). The van der Waals surface area contributed by atoms with Gasteiger partial charge in [-0.15, -0.1) is 12.4 Å². The number of carboxylic acid groups (broad SMARTS) is 1. The number of carbonyl (C=O) groups is 1. The molecule has 1 aliphatic carbocycles. The molecule has 0 radical (unpaired) electrons. The second-order valence-corrected chi connectivity index (χ2v) is 10.1. The standard InChI is InChI=1S/C29H40FNO5.ClH/c1-19(2)28-22(8-7-21-17-23(30)9-10-24(21)28)18-36-26(29(32)33)13-15-31(3)14-12-20-6-11-25(34-4)27(16-20)35-5;/h6,9-11,16-17,19,22,26,28H,7-8,12-15,18H2,1-5H3,(H,32,33);1H/t22?,26-,28-;/m0./s1. The summed E-state index contributed by atoms with van der Waals surface area (Å²) < 4.78 is 30.4. The minimum absolute atomic E-state index is 0. The molecule has 6 nitrogen and oxygen atoms in total. The molecular weight excluding hydrogens is 497 g/mol. The van der Waals surface area contributed by atoms with Gasteiger partial charge in [-0.25, -0.2) is 9.18 Å². The lowest BCUT2D eigenvalue weighted by Crippen LogP contribution is -2.34. The van der Waals surface area contributed by atoms with Crippen LogP contribution < -0.4 is 9.47 Å². The average molecular weight is 538 g/mol. The van der Waals surface area contributed by atoms with Gasteiger partial charge < -0.3 is 24.2 Å². The molecule has 206 valence electrons. The molecular formula is C29H41ClFNO5. The summed E-state index contributed by atoms with van der Waals surface area (Å²) in [6.45, 7) is 6.13. The number of rotatable bonds is 13. The third kappa shape index (κ3) is 8.32. The first-order chi connectivity index (χ1) is 17.2. The summed E-state index contributed by atoms with van der Waals surface area (Å²) in [7, 11) is 5.23. The van der Waals surface area contributed by atoms with Crippen molar-refractivity contribution in [2.24, 2.45) is 11.8 Å². The van der Waals surface area contributed by atoms with E-state index in [0.29, 0.717) is 37.0 Å². The Kier molecular flexibility index (Phi) is 12.1. The van der Waals surface area contributed by atoms with Gasteiger partial charge in [-0.05, 0) is 91.4 Å². The molecule has 0 aliphatic heterocycles. The van der Waals surface area contributed by atoms with Crippen LogP contribution in [0, 0.1) is 17.7 Å². The third-order valence-electron chi connectivity index (χ3n) is 7.26. The van der Waals surface area contributed by atoms with Crippen molar-refractivity contribution in [2.45, 2.75) is 51.6 Å². The second kappa shape index (κ2) is 14.6. The van der Waals surface area contributed by atoms with Gasteiger partial charge in [0.2, 0.25) is 0 Å². The molecule has 8 heteroatoms. The fraction of sp³-hybridized carbons (Fsp3) is 0.552. The van der Waals surface area contributed by atoms with Crippen molar-refractivity contribution in [3.8, 4) is 11.5 Å². The van der Waals surface area contributed by atoms with E-state index in [2.05, 4.69) is 18.7 Å². The summed E-state index contributed by atoms with van der Waals surface area (Å²) >= 11 is 0. The van der Waals surface area contributed by atoms with Crippen LogP contribution in [0.2, 0.25) is 0 Å². The summed E-state index contributed by atoms with van der Waals surface area (Å²) in [5.41, 5.74) is 3.37. The highest BCUT2D eigenvalue weighted by atomic mass is 35.5. The number of fused-ring (bicyclic) bond motifs is 1. The van der Waals surface area contributed by atoms with Crippen LogP contribution in [-0.4, -0.2) is 63.0 Å². The van der Waals surface area contributed by atoms with E-state index >= 15 is 0 Å². The Morgan fingerprint density at radius 3 is 2.49 bits per heavy atom. The Hall–Kier alpha value is -2.35. The molecule has 0 aromatic heterocycles. The lowest BCUT2D eigenvalue weighted by Gasteiger charge is -2.36. The fourth-order valence-electron chi connectivity index (χ4n) is 5.30. The van der Waals surface area contributed by atoms with Crippen LogP contribution in [0.15, 0.2) is 36.4 Å². The van der Waals surface area contributed by atoms with Gasteiger partial charge in [0.1, 0.15) is 5.82 Å². The van der Waals surface area contributed by atoms with Crippen molar-refractivity contribution in [1.29, 1.82) is 0 Å². The number of carboxylic acids is 1. The molecule has 0 saturated heterocycles. The highest BCUT2D eigenvalue weighted by Crippen LogP contribution is 2.41. The fourth-order valence-corrected chi connectivity index (χ4v) is 5.30. The predicted octanol–water partition coefficient (Wildman–Crippen LogP) is 5.60. The molecule has 2 aromatic carbocycles. The maximum Gasteiger partial charge on any atom is 0.332 e. The average Bonchev–Trinajstić information content (AvgIpc) is 2.86. The number of aryl methyl sites for hydroxylation is 1. The van der Waals surface area contributed by atoms with Crippen molar-refractivity contribution in [2.75, 3.05) is 41.0 Å². The number of likely N-dealkylation sites (N-methyl/N-ethyl adjacent to an activating group) is 1. The number of hydrogen-bond donors (Lipinski definition) is 1. The number of hydrogen-bond acceptors (Lipinski definition) is 5. The van der Waals surface area contributed by atoms with E-state index < -0.39 is 12.1 Å². The van der Waals surface area contributed by atoms with E-state index in [1.807, 2.05) is 31.3 Å². The molecule has 0 spiro atoms. The van der Waals surface area contributed by atoms with Crippen LogP contribution >= 0.6 is 12.4 Å². The molecule has 0 fully saturated rings. The van der Waals surface area contributed by atoms with Crippen LogP contribution in [0.3, 0.4) is 0 Å². The number of halogens is 2. The van der Waals surface area contributed by atoms with E-state index in [-0.39, 0.29) is 30.1 Å². The van der Waals surface area contributed by atoms with E-state index in [1.165, 1.54) is 11.6 Å². The van der Waals surface area contributed by atoms with Crippen molar-refractivity contribution in [3.05, 3.63) is 58.9 Å². The quantitative estimate of drug-likeness (QED) is 0.359. The Labute approximate surface area is 226 Å². The minimum Gasteiger partial charge on any atom is -0.493 e. The molecule has 1 aliphatic rings. The lowest BCUT2D eigenvalue weighted by atomic mass is 9.70. The first-order valence-electron chi connectivity index (χ1n) is 12.8. The highest BCUT2D eigenvalue weighted by Gasteiger charge is 2.33. The number of methoxy groups -OCH3 is 2. The first-order valence-corrected chi connectivity index (χ1v) is 12.8. The molecule has 3 atom stereocenters. The molecule has 0 amide bonds. The molecule has 1 N–H and O–H groups in total. The molecule has 0 saturated carbocycles. The summed E-state index contributed by atoms with van der Waals surface area (Å²) in [6.07, 6.45) is 2.04. The van der Waals surface area contributed by atoms with Gasteiger partial charge in [-0.3, -0.25) is 0 Å². The first kappa shape index (κ1) is 30.9. The zero-order valence-electron chi connectivity index (χ0n) is 22.5. The lowest BCUT2D eigenvalue weighted by molar-refractivity contribution is -0.152. The van der Waals surface area contributed by atoms with E-state index in [0.717, 1.165) is 36.9 Å². The number of nitrogens with zero attached hydrogens (tertiary/aromatic N) is 1. The predicted molar refractivity (Wildman–Crippen MR) is 146 cm³/mol. The Balaban J connectivity index is 0.00000481. The van der Waals surface area contributed by atoms with Crippen LogP contribution in [0.25, 0.3) is 0 Å². The van der Waals surface area contributed by atoms with Gasteiger partial charge in [0.25, 0.3) is 0 Å². The topological polar surface area (TPSA) is 68.2 Å². The van der Waals surface area contributed by atoms with Crippen molar-refractivity contribution < 1.29 is 28.5 Å². The van der Waals surface area contributed by atoms with Gasteiger partial charge in [0, 0.05) is 13.1 Å². The Morgan fingerprint density at radius 2 is 1.84 bits per heavy atom. The van der Waals surface area contributed by atoms with Crippen molar-refractivity contribution >= 4 is 18.4 Å². The third-order valence-corrected chi connectivity index (χ3v) is 7.26.